The van der Waals surface area contributed by atoms with E-state index in [2.05, 4.69) is 0 Å². The second kappa shape index (κ2) is 4.62. The van der Waals surface area contributed by atoms with E-state index in [0.717, 1.165) is 11.3 Å². The number of ether oxygens (including phenoxy) is 1. The molecule has 1 aromatic carbocycles. The molecule has 0 saturated heterocycles. The van der Waals surface area contributed by atoms with Crippen molar-refractivity contribution in [3.8, 4) is 5.75 Å². The van der Waals surface area contributed by atoms with E-state index in [1.807, 2.05) is 24.3 Å². The second-order valence-electron chi connectivity index (χ2n) is 3.02. The maximum absolute atomic E-state index is 10.8. The first-order valence-corrected chi connectivity index (χ1v) is 4.32. The van der Waals surface area contributed by atoms with Gasteiger partial charge >= 0.3 is 0 Å². The highest BCUT2D eigenvalue weighted by Gasteiger charge is 2.12. The minimum absolute atomic E-state index is 0.402. The third-order valence-electron chi connectivity index (χ3n) is 2.00. The van der Waals surface area contributed by atoms with Crippen LogP contribution in [0.2, 0.25) is 0 Å². The van der Waals surface area contributed by atoms with Crippen LogP contribution < -0.4 is 16.2 Å². The van der Waals surface area contributed by atoms with Gasteiger partial charge in [-0.1, -0.05) is 18.2 Å². The van der Waals surface area contributed by atoms with Gasteiger partial charge < -0.3 is 16.2 Å². The Hall–Kier alpha value is -1.55. The monoisotopic (exact) mass is 194 g/mol. The molecule has 76 valence electrons. The van der Waals surface area contributed by atoms with Crippen LogP contribution in [0.25, 0.3) is 0 Å². The highest BCUT2D eigenvalue weighted by molar-refractivity contribution is 5.80. The van der Waals surface area contributed by atoms with Crippen molar-refractivity contribution < 1.29 is 9.53 Å². The fourth-order valence-corrected chi connectivity index (χ4v) is 1.21. The third kappa shape index (κ3) is 2.47. The van der Waals surface area contributed by atoms with Crippen LogP contribution in [-0.4, -0.2) is 19.1 Å². The lowest BCUT2D eigenvalue weighted by Gasteiger charge is -2.10. The molecule has 0 aliphatic rings. The van der Waals surface area contributed by atoms with Gasteiger partial charge in [-0.3, -0.25) is 4.79 Å². The molecule has 0 aliphatic carbocycles. The number of amides is 1. The first-order valence-electron chi connectivity index (χ1n) is 4.32. The van der Waals surface area contributed by atoms with Crippen molar-refractivity contribution in [2.45, 2.75) is 12.5 Å². The largest absolute Gasteiger partial charge is 0.496 e. The Balaban J connectivity index is 2.80. The molecule has 0 spiro atoms. The van der Waals surface area contributed by atoms with Crippen molar-refractivity contribution in [2.75, 3.05) is 7.11 Å². The molecule has 1 amide bonds. The van der Waals surface area contributed by atoms with Gasteiger partial charge in [-0.2, -0.15) is 0 Å². The molecule has 0 heterocycles. The number of benzene rings is 1. The first-order chi connectivity index (χ1) is 6.65. The van der Waals surface area contributed by atoms with Crippen molar-refractivity contribution in [3.05, 3.63) is 29.8 Å². The summed E-state index contributed by atoms with van der Waals surface area (Å²) in [6.45, 7) is 0. The number of carbonyl (C=O) groups is 1. The number of nitrogens with two attached hydrogens (primary N) is 2. The van der Waals surface area contributed by atoms with Gasteiger partial charge in [-0.05, 0) is 11.6 Å². The highest BCUT2D eigenvalue weighted by Crippen LogP contribution is 2.18. The van der Waals surface area contributed by atoms with Crippen molar-refractivity contribution in [3.63, 3.8) is 0 Å². The number of rotatable bonds is 4. The van der Waals surface area contributed by atoms with Crippen LogP contribution in [-0.2, 0) is 11.2 Å². The molecule has 0 aromatic heterocycles. The Bertz CT molecular complexity index is 326. The van der Waals surface area contributed by atoms with Gasteiger partial charge in [-0.15, -0.1) is 0 Å². The van der Waals surface area contributed by atoms with Crippen LogP contribution in [0.4, 0.5) is 0 Å². The maximum Gasteiger partial charge on any atom is 0.234 e. The molecule has 0 aliphatic heterocycles. The molecule has 14 heavy (non-hydrogen) atoms. The quantitative estimate of drug-likeness (QED) is 0.710. The molecule has 1 unspecified atom stereocenters. The molecule has 4 heteroatoms. The number of methoxy groups -OCH3 is 1. The van der Waals surface area contributed by atoms with Crippen LogP contribution in [0.5, 0.6) is 5.75 Å². The Morgan fingerprint density at radius 3 is 2.71 bits per heavy atom. The van der Waals surface area contributed by atoms with E-state index in [9.17, 15) is 4.79 Å². The fraction of sp³-hybridized carbons (Fsp3) is 0.300. The number of hydrogen-bond donors (Lipinski definition) is 2. The summed E-state index contributed by atoms with van der Waals surface area (Å²) in [5, 5.41) is 0. The summed E-state index contributed by atoms with van der Waals surface area (Å²) in [7, 11) is 1.58. The lowest BCUT2D eigenvalue weighted by molar-refractivity contribution is -0.119. The molecule has 4 nitrogen and oxygen atoms in total. The maximum atomic E-state index is 10.8. The average molecular weight is 194 g/mol. The molecule has 0 bridgehead atoms. The molecule has 1 aromatic rings. The van der Waals surface area contributed by atoms with E-state index in [1.165, 1.54) is 0 Å². The number of carbonyl (C=O) groups excluding carboxylic acids is 1. The molecule has 0 radical (unpaired) electrons. The van der Waals surface area contributed by atoms with E-state index in [0.29, 0.717) is 6.42 Å². The van der Waals surface area contributed by atoms with E-state index >= 15 is 0 Å². The van der Waals surface area contributed by atoms with Crippen molar-refractivity contribution in [1.29, 1.82) is 0 Å². The summed E-state index contributed by atoms with van der Waals surface area (Å²) in [6.07, 6.45) is 0.402. The summed E-state index contributed by atoms with van der Waals surface area (Å²) in [5.41, 5.74) is 11.5. The Labute approximate surface area is 82.8 Å². The van der Waals surface area contributed by atoms with Gasteiger partial charge in [0.2, 0.25) is 5.91 Å². The van der Waals surface area contributed by atoms with Gasteiger partial charge in [0.25, 0.3) is 0 Å². The predicted octanol–water partition coefficient (Wildman–Crippen LogP) is 0.0503. The van der Waals surface area contributed by atoms with Crippen LogP contribution >= 0.6 is 0 Å². The van der Waals surface area contributed by atoms with Gasteiger partial charge in [0.1, 0.15) is 5.75 Å². The lowest BCUT2D eigenvalue weighted by atomic mass is 10.1. The first kappa shape index (κ1) is 10.5. The third-order valence-corrected chi connectivity index (χ3v) is 2.00. The van der Waals surface area contributed by atoms with Crippen molar-refractivity contribution in [1.82, 2.24) is 0 Å². The summed E-state index contributed by atoms with van der Waals surface area (Å²) >= 11 is 0. The molecular formula is C10H14N2O2. The minimum atomic E-state index is -0.661. The van der Waals surface area contributed by atoms with Crippen LogP contribution in [0.1, 0.15) is 5.56 Å². The number of para-hydroxylation sites is 1. The van der Waals surface area contributed by atoms with E-state index in [1.54, 1.807) is 7.11 Å². The van der Waals surface area contributed by atoms with E-state index in [-0.39, 0.29) is 0 Å². The fourth-order valence-electron chi connectivity index (χ4n) is 1.21. The normalized spacial score (nSPS) is 12.1. The van der Waals surface area contributed by atoms with Crippen molar-refractivity contribution in [2.24, 2.45) is 11.5 Å². The zero-order valence-corrected chi connectivity index (χ0v) is 8.07. The summed E-state index contributed by atoms with van der Waals surface area (Å²) in [5.74, 6) is 0.222. The predicted molar refractivity (Wildman–Crippen MR) is 53.9 cm³/mol. The van der Waals surface area contributed by atoms with Crippen LogP contribution in [0.3, 0.4) is 0 Å². The lowest BCUT2D eigenvalue weighted by Crippen LogP contribution is -2.38. The van der Waals surface area contributed by atoms with Gasteiger partial charge in [0, 0.05) is 6.42 Å². The molecule has 4 N–H and O–H groups in total. The van der Waals surface area contributed by atoms with Crippen LogP contribution in [0, 0.1) is 0 Å². The number of hydrogen-bond acceptors (Lipinski definition) is 3. The summed E-state index contributed by atoms with van der Waals surface area (Å²) < 4.78 is 5.12. The van der Waals surface area contributed by atoms with Crippen LogP contribution in [0.15, 0.2) is 24.3 Å². The zero-order valence-electron chi connectivity index (χ0n) is 8.07. The molecule has 0 fully saturated rings. The summed E-state index contributed by atoms with van der Waals surface area (Å²) in [4.78, 5) is 10.8. The smallest absolute Gasteiger partial charge is 0.234 e. The Morgan fingerprint density at radius 1 is 1.50 bits per heavy atom. The molecule has 0 saturated carbocycles. The minimum Gasteiger partial charge on any atom is -0.496 e. The molecular weight excluding hydrogens is 180 g/mol. The Morgan fingerprint density at radius 2 is 2.14 bits per heavy atom. The topological polar surface area (TPSA) is 78.3 Å². The van der Waals surface area contributed by atoms with E-state index in [4.69, 9.17) is 16.2 Å². The SMILES string of the molecule is COc1ccccc1CC(N)C(N)=O. The summed E-state index contributed by atoms with van der Waals surface area (Å²) in [6, 6.07) is 6.75. The highest BCUT2D eigenvalue weighted by atomic mass is 16.5. The standard InChI is InChI=1S/C10H14N2O2/c1-14-9-5-3-2-4-7(9)6-8(11)10(12)13/h2-5,8H,6,11H2,1H3,(H2,12,13). The molecule has 1 atom stereocenters. The zero-order chi connectivity index (χ0) is 10.6. The second-order valence-corrected chi connectivity index (χ2v) is 3.02. The number of primary amides is 1. The average Bonchev–Trinajstić information content (AvgIpc) is 2.18. The van der Waals surface area contributed by atoms with Gasteiger partial charge in [0.15, 0.2) is 0 Å². The van der Waals surface area contributed by atoms with E-state index < -0.39 is 11.9 Å². The van der Waals surface area contributed by atoms with Gasteiger partial charge in [-0.25, -0.2) is 0 Å². The van der Waals surface area contributed by atoms with Crippen molar-refractivity contribution >= 4 is 5.91 Å². The Kier molecular flexibility index (Phi) is 3.48. The molecule has 1 rings (SSSR count). The van der Waals surface area contributed by atoms with Gasteiger partial charge in [0.05, 0.1) is 13.2 Å².